The Labute approximate surface area is 129 Å². The van der Waals surface area contributed by atoms with E-state index in [2.05, 4.69) is 9.82 Å². The van der Waals surface area contributed by atoms with E-state index in [9.17, 15) is 8.42 Å². The monoisotopic (exact) mass is 325 g/mol. The summed E-state index contributed by atoms with van der Waals surface area (Å²) in [6.45, 7) is 2.03. The van der Waals surface area contributed by atoms with Crippen molar-refractivity contribution in [2.45, 2.75) is 18.4 Å². The van der Waals surface area contributed by atoms with Crippen LogP contribution in [0.3, 0.4) is 0 Å². The van der Waals surface area contributed by atoms with Crippen molar-refractivity contribution >= 4 is 10.0 Å². The molecule has 0 radical (unpaired) electrons. The Morgan fingerprint density at radius 3 is 2.55 bits per heavy atom. The van der Waals surface area contributed by atoms with Crippen molar-refractivity contribution in [3.8, 4) is 11.5 Å². The Kier molecular flexibility index (Phi) is 4.72. The predicted molar refractivity (Wildman–Crippen MR) is 81.5 cm³/mol. The molecule has 7 nitrogen and oxygen atoms in total. The van der Waals surface area contributed by atoms with Gasteiger partial charge in [0.1, 0.15) is 16.4 Å². The summed E-state index contributed by atoms with van der Waals surface area (Å²) < 4.78 is 39.4. The molecule has 0 amide bonds. The predicted octanol–water partition coefficient (Wildman–Crippen LogP) is 1.22. The molecule has 0 fully saturated rings. The van der Waals surface area contributed by atoms with Crippen LogP contribution in [0.2, 0.25) is 0 Å². The highest BCUT2D eigenvalue weighted by molar-refractivity contribution is 7.89. The highest BCUT2D eigenvalue weighted by Crippen LogP contribution is 2.28. The number of hydrogen-bond donors (Lipinski definition) is 1. The van der Waals surface area contributed by atoms with Gasteiger partial charge in [-0.15, -0.1) is 0 Å². The molecule has 120 valence electrons. The average Bonchev–Trinajstić information content (AvgIpc) is 2.84. The molecular formula is C14H19N3O4S. The number of rotatable bonds is 6. The summed E-state index contributed by atoms with van der Waals surface area (Å²) in [6, 6.07) is 4.63. The third-order valence-corrected chi connectivity index (χ3v) is 4.87. The fourth-order valence-corrected chi connectivity index (χ4v) is 3.15. The third kappa shape index (κ3) is 3.23. The van der Waals surface area contributed by atoms with Gasteiger partial charge in [0, 0.05) is 30.9 Å². The number of hydrogen-bond acceptors (Lipinski definition) is 5. The molecule has 1 aromatic carbocycles. The van der Waals surface area contributed by atoms with Gasteiger partial charge in [-0.25, -0.2) is 13.1 Å². The summed E-state index contributed by atoms with van der Waals surface area (Å²) in [4.78, 5) is 0.0379. The van der Waals surface area contributed by atoms with Gasteiger partial charge in [0.15, 0.2) is 0 Å². The summed E-state index contributed by atoms with van der Waals surface area (Å²) >= 11 is 0. The van der Waals surface area contributed by atoms with Gasteiger partial charge in [-0.1, -0.05) is 0 Å². The smallest absolute Gasteiger partial charge is 0.244 e. The molecule has 8 heteroatoms. The lowest BCUT2D eigenvalue weighted by Gasteiger charge is -2.12. The number of aryl methyl sites for hydroxylation is 1. The van der Waals surface area contributed by atoms with Gasteiger partial charge in [-0.3, -0.25) is 4.68 Å². The summed E-state index contributed by atoms with van der Waals surface area (Å²) in [5.41, 5.74) is 1.72. The lowest BCUT2D eigenvalue weighted by Crippen LogP contribution is -2.24. The standard InChI is InChI=1S/C14H19N3O4S/c1-10-11(8-15-17(10)2)9-16-22(18,19)14-7-12(20-3)5-6-13(14)21-4/h5-8,16H,9H2,1-4H3. The second-order valence-corrected chi connectivity index (χ2v) is 6.46. The van der Waals surface area contributed by atoms with Crippen molar-refractivity contribution < 1.29 is 17.9 Å². The second-order valence-electron chi connectivity index (χ2n) is 4.72. The highest BCUT2D eigenvalue weighted by atomic mass is 32.2. The Balaban J connectivity index is 2.28. The largest absolute Gasteiger partial charge is 0.497 e. The minimum atomic E-state index is -3.73. The first-order valence-corrected chi connectivity index (χ1v) is 8.06. The molecule has 0 aliphatic rings. The van der Waals surface area contributed by atoms with Crippen LogP contribution in [0.5, 0.6) is 11.5 Å². The average molecular weight is 325 g/mol. The molecule has 2 aromatic rings. The van der Waals surface area contributed by atoms with Crippen molar-refractivity contribution in [1.29, 1.82) is 0 Å². The molecule has 2 rings (SSSR count). The van der Waals surface area contributed by atoms with Crippen molar-refractivity contribution in [1.82, 2.24) is 14.5 Å². The summed E-state index contributed by atoms with van der Waals surface area (Å²) in [5, 5.41) is 4.09. The van der Waals surface area contributed by atoms with Crippen LogP contribution in [0, 0.1) is 6.92 Å². The number of ether oxygens (including phenoxy) is 2. The van der Waals surface area contributed by atoms with Crippen molar-refractivity contribution in [2.75, 3.05) is 14.2 Å². The number of aromatic nitrogens is 2. The van der Waals surface area contributed by atoms with E-state index in [0.29, 0.717) is 5.75 Å². The lowest BCUT2D eigenvalue weighted by atomic mass is 10.3. The maximum atomic E-state index is 12.5. The zero-order valence-corrected chi connectivity index (χ0v) is 13.8. The van der Waals surface area contributed by atoms with Gasteiger partial charge in [0.05, 0.1) is 20.4 Å². The number of methoxy groups -OCH3 is 2. The van der Waals surface area contributed by atoms with E-state index in [1.54, 1.807) is 30.1 Å². The minimum absolute atomic E-state index is 0.0379. The van der Waals surface area contributed by atoms with Crippen LogP contribution >= 0.6 is 0 Å². The normalized spacial score (nSPS) is 11.5. The second kappa shape index (κ2) is 6.37. The van der Waals surface area contributed by atoms with E-state index in [4.69, 9.17) is 9.47 Å². The van der Waals surface area contributed by atoms with Crippen molar-refractivity contribution in [3.63, 3.8) is 0 Å². The van der Waals surface area contributed by atoms with Gasteiger partial charge in [0.2, 0.25) is 10.0 Å². The van der Waals surface area contributed by atoms with E-state index in [-0.39, 0.29) is 17.2 Å². The number of nitrogens with one attached hydrogen (secondary N) is 1. The molecule has 0 unspecified atom stereocenters. The van der Waals surface area contributed by atoms with Crippen LogP contribution in [0.1, 0.15) is 11.3 Å². The summed E-state index contributed by atoms with van der Waals surface area (Å²) in [5.74, 6) is 0.704. The topological polar surface area (TPSA) is 82.4 Å². The van der Waals surface area contributed by atoms with Crippen LogP contribution in [-0.4, -0.2) is 32.4 Å². The van der Waals surface area contributed by atoms with E-state index in [0.717, 1.165) is 11.3 Å². The SMILES string of the molecule is COc1ccc(OC)c(S(=O)(=O)NCc2cnn(C)c2C)c1. The van der Waals surface area contributed by atoms with Gasteiger partial charge in [0.25, 0.3) is 0 Å². The lowest BCUT2D eigenvalue weighted by molar-refractivity contribution is 0.392. The van der Waals surface area contributed by atoms with Gasteiger partial charge < -0.3 is 9.47 Å². The fourth-order valence-electron chi connectivity index (χ4n) is 1.96. The quantitative estimate of drug-likeness (QED) is 0.863. The molecule has 0 saturated carbocycles. The zero-order chi connectivity index (χ0) is 16.3. The van der Waals surface area contributed by atoms with E-state index >= 15 is 0 Å². The molecule has 22 heavy (non-hydrogen) atoms. The fraction of sp³-hybridized carbons (Fsp3) is 0.357. The molecule has 0 aliphatic carbocycles. The summed E-state index contributed by atoms with van der Waals surface area (Å²) in [7, 11) is 0.970. The first-order valence-electron chi connectivity index (χ1n) is 6.58. The van der Waals surface area contributed by atoms with Crippen LogP contribution in [0.15, 0.2) is 29.3 Å². The van der Waals surface area contributed by atoms with Crippen LogP contribution in [0.4, 0.5) is 0 Å². The molecule has 0 spiro atoms. The minimum Gasteiger partial charge on any atom is -0.497 e. The van der Waals surface area contributed by atoms with Gasteiger partial charge in [-0.05, 0) is 19.1 Å². The highest BCUT2D eigenvalue weighted by Gasteiger charge is 2.21. The summed E-state index contributed by atoms with van der Waals surface area (Å²) in [6.07, 6.45) is 1.64. The van der Waals surface area contributed by atoms with Crippen LogP contribution in [-0.2, 0) is 23.6 Å². The molecular weight excluding hydrogens is 306 g/mol. The van der Waals surface area contributed by atoms with Gasteiger partial charge in [-0.2, -0.15) is 5.10 Å². The Morgan fingerprint density at radius 1 is 1.27 bits per heavy atom. The molecule has 1 N–H and O–H groups in total. The molecule has 0 saturated heterocycles. The molecule has 0 atom stereocenters. The Bertz CT molecular complexity index is 768. The third-order valence-electron chi connectivity index (χ3n) is 3.45. The first kappa shape index (κ1) is 16.3. The molecule has 1 heterocycles. The number of nitrogens with zero attached hydrogens (tertiary/aromatic N) is 2. The molecule has 0 bridgehead atoms. The van der Waals surface area contributed by atoms with E-state index in [1.165, 1.54) is 20.3 Å². The Hall–Kier alpha value is -2.06. The van der Waals surface area contributed by atoms with E-state index in [1.807, 2.05) is 6.92 Å². The van der Waals surface area contributed by atoms with Crippen LogP contribution in [0.25, 0.3) is 0 Å². The van der Waals surface area contributed by atoms with Crippen molar-refractivity contribution in [3.05, 3.63) is 35.7 Å². The number of sulfonamides is 1. The molecule has 1 aromatic heterocycles. The van der Waals surface area contributed by atoms with Crippen molar-refractivity contribution in [2.24, 2.45) is 7.05 Å². The zero-order valence-electron chi connectivity index (χ0n) is 13.0. The number of benzene rings is 1. The van der Waals surface area contributed by atoms with Crippen LogP contribution < -0.4 is 14.2 Å². The maximum Gasteiger partial charge on any atom is 0.244 e. The van der Waals surface area contributed by atoms with E-state index < -0.39 is 10.0 Å². The first-order chi connectivity index (χ1) is 10.4. The molecule has 0 aliphatic heterocycles. The Morgan fingerprint density at radius 2 is 2.00 bits per heavy atom. The van der Waals surface area contributed by atoms with Gasteiger partial charge >= 0.3 is 0 Å². The maximum absolute atomic E-state index is 12.5.